The van der Waals surface area contributed by atoms with Crippen LogP contribution in [0.2, 0.25) is 10.0 Å². The standard InChI is InChI=1S/C21H13Cl2N2O.BF4/c22-17-10-6-14(7-11-17)19-24-20(15-4-2-1-3-5-15)26-21(25-19)16-8-12-18(23)13-9-16;2-1(3,4)5/h1-13H;/q+1;-1. The first-order valence-corrected chi connectivity index (χ1v) is 9.61. The quantitative estimate of drug-likeness (QED) is 0.174. The van der Waals surface area contributed by atoms with E-state index in [9.17, 15) is 17.3 Å². The largest absolute Gasteiger partial charge is 0.673 e. The van der Waals surface area contributed by atoms with Crippen molar-refractivity contribution in [1.82, 2.24) is 9.97 Å². The summed E-state index contributed by atoms with van der Waals surface area (Å²) in [6, 6.07) is 24.5. The Balaban J connectivity index is 0.000000491. The van der Waals surface area contributed by atoms with Crippen molar-refractivity contribution in [3.63, 3.8) is 0 Å². The minimum Gasteiger partial charge on any atom is -0.418 e. The number of hydrogen-bond donors (Lipinski definition) is 0. The van der Waals surface area contributed by atoms with Crippen LogP contribution in [0.5, 0.6) is 0 Å². The molecule has 3 nitrogen and oxygen atoms in total. The van der Waals surface area contributed by atoms with E-state index in [1.807, 2.05) is 66.7 Å². The fourth-order valence-corrected chi connectivity index (χ4v) is 2.75. The van der Waals surface area contributed by atoms with E-state index in [1.165, 1.54) is 0 Å². The Morgan fingerprint density at radius 2 is 0.968 bits per heavy atom. The predicted molar refractivity (Wildman–Crippen MR) is 115 cm³/mol. The molecule has 0 N–H and O–H groups in total. The molecule has 0 amide bonds. The number of halogens is 6. The highest BCUT2D eigenvalue weighted by atomic mass is 35.5. The van der Waals surface area contributed by atoms with Crippen LogP contribution >= 0.6 is 23.2 Å². The number of benzene rings is 3. The summed E-state index contributed by atoms with van der Waals surface area (Å²) in [4.78, 5) is 9.19. The van der Waals surface area contributed by atoms with Gasteiger partial charge in [0.25, 0.3) is 0 Å². The Morgan fingerprint density at radius 3 is 1.42 bits per heavy atom. The molecule has 0 fully saturated rings. The Labute approximate surface area is 185 Å². The molecule has 1 heterocycles. The second kappa shape index (κ2) is 9.89. The summed E-state index contributed by atoms with van der Waals surface area (Å²) in [5, 5.41) is 1.32. The summed E-state index contributed by atoms with van der Waals surface area (Å²) >= 11 is 12.0. The second-order valence-corrected chi connectivity index (χ2v) is 7.01. The van der Waals surface area contributed by atoms with Gasteiger partial charge in [0.05, 0.1) is 0 Å². The van der Waals surface area contributed by atoms with Gasteiger partial charge in [-0.3, -0.25) is 0 Å². The Kier molecular flexibility index (Phi) is 7.25. The Morgan fingerprint density at radius 1 is 0.581 bits per heavy atom. The zero-order valence-corrected chi connectivity index (χ0v) is 17.2. The molecule has 31 heavy (non-hydrogen) atoms. The molecule has 0 spiro atoms. The van der Waals surface area contributed by atoms with E-state index >= 15 is 0 Å². The van der Waals surface area contributed by atoms with Gasteiger partial charge in [0.15, 0.2) is 5.82 Å². The third-order valence-corrected chi connectivity index (χ3v) is 4.33. The molecule has 0 aliphatic rings. The fraction of sp³-hybridized carbons (Fsp3) is 0. The molecule has 4 aromatic rings. The molecule has 0 saturated heterocycles. The first-order chi connectivity index (χ1) is 14.7. The van der Waals surface area contributed by atoms with Crippen LogP contribution in [0.25, 0.3) is 34.3 Å². The van der Waals surface area contributed by atoms with Crippen LogP contribution in [0, 0.1) is 0 Å². The smallest absolute Gasteiger partial charge is 0.418 e. The fourth-order valence-electron chi connectivity index (χ4n) is 2.50. The lowest BCUT2D eigenvalue weighted by Gasteiger charge is -2.00. The normalized spacial score (nSPS) is 10.9. The van der Waals surface area contributed by atoms with Crippen LogP contribution in [-0.4, -0.2) is 17.2 Å². The van der Waals surface area contributed by atoms with Gasteiger partial charge in [-0.2, -0.15) is 4.42 Å². The predicted octanol–water partition coefficient (Wildman–Crippen LogP) is 7.96. The molecule has 0 saturated carbocycles. The van der Waals surface area contributed by atoms with E-state index in [1.54, 1.807) is 12.1 Å². The number of hydrogen-bond acceptors (Lipinski definition) is 2. The first-order valence-electron chi connectivity index (χ1n) is 8.86. The monoisotopic (exact) mass is 466 g/mol. The maximum absolute atomic E-state index is 9.75. The first kappa shape index (κ1) is 22.7. The lowest BCUT2D eigenvalue weighted by molar-refractivity contribution is 0.368. The molecule has 4 rings (SSSR count). The van der Waals surface area contributed by atoms with E-state index < -0.39 is 7.25 Å². The van der Waals surface area contributed by atoms with Crippen LogP contribution < -0.4 is 0 Å². The highest BCUT2D eigenvalue weighted by Crippen LogP contribution is 2.28. The maximum atomic E-state index is 9.75. The molecule has 0 radical (unpaired) electrons. The van der Waals surface area contributed by atoms with E-state index in [-0.39, 0.29) is 0 Å². The van der Waals surface area contributed by atoms with Crippen LogP contribution in [0.15, 0.2) is 83.3 Å². The molecular weight excluding hydrogens is 454 g/mol. The van der Waals surface area contributed by atoms with Crippen molar-refractivity contribution < 1.29 is 21.7 Å². The average molecular weight is 467 g/mol. The molecule has 1 aromatic heterocycles. The van der Waals surface area contributed by atoms with E-state index in [4.69, 9.17) is 27.6 Å². The summed E-state index contributed by atoms with van der Waals surface area (Å²) in [7, 11) is -6.00. The minimum atomic E-state index is -6.00. The van der Waals surface area contributed by atoms with Gasteiger partial charge in [0.2, 0.25) is 0 Å². The van der Waals surface area contributed by atoms with Crippen molar-refractivity contribution in [1.29, 1.82) is 0 Å². The molecule has 0 unspecified atom stereocenters. The zero-order chi connectivity index (χ0) is 22.4. The van der Waals surface area contributed by atoms with Gasteiger partial charge >= 0.3 is 19.0 Å². The molecule has 3 aromatic carbocycles. The molecule has 0 bridgehead atoms. The molecule has 10 heteroatoms. The van der Waals surface area contributed by atoms with E-state index in [2.05, 4.69) is 9.97 Å². The lowest BCUT2D eigenvalue weighted by Crippen LogP contribution is -2.02. The van der Waals surface area contributed by atoms with Gasteiger partial charge in [0.1, 0.15) is 11.1 Å². The minimum absolute atomic E-state index is 0.473. The van der Waals surface area contributed by atoms with Crippen LogP contribution in [-0.2, 0) is 0 Å². The van der Waals surface area contributed by atoms with Crippen LogP contribution in [0.3, 0.4) is 0 Å². The molecule has 0 aliphatic carbocycles. The van der Waals surface area contributed by atoms with E-state index in [0.717, 1.165) is 16.7 Å². The summed E-state index contributed by atoms with van der Waals surface area (Å²) in [6.07, 6.45) is 0. The molecular formula is C21H13BCl2F4N2O. The zero-order valence-electron chi connectivity index (χ0n) is 15.7. The highest BCUT2D eigenvalue weighted by molar-refractivity contribution is 6.50. The van der Waals surface area contributed by atoms with Gasteiger partial charge in [-0.25, -0.2) is 0 Å². The van der Waals surface area contributed by atoms with Crippen molar-refractivity contribution in [3.05, 3.63) is 88.9 Å². The number of nitrogens with zero attached hydrogens (tertiary/aromatic N) is 2. The van der Waals surface area contributed by atoms with Crippen LogP contribution in [0.1, 0.15) is 0 Å². The Bertz CT molecular complexity index is 1070. The van der Waals surface area contributed by atoms with Gasteiger partial charge in [0, 0.05) is 15.6 Å². The van der Waals surface area contributed by atoms with Crippen molar-refractivity contribution in [2.45, 2.75) is 0 Å². The van der Waals surface area contributed by atoms with Crippen molar-refractivity contribution in [2.24, 2.45) is 0 Å². The van der Waals surface area contributed by atoms with Gasteiger partial charge < -0.3 is 17.3 Å². The summed E-state index contributed by atoms with van der Waals surface area (Å²) in [5.41, 5.74) is 2.56. The summed E-state index contributed by atoms with van der Waals surface area (Å²) in [6.45, 7) is 0. The molecule has 0 atom stereocenters. The summed E-state index contributed by atoms with van der Waals surface area (Å²) in [5.74, 6) is 1.53. The van der Waals surface area contributed by atoms with Crippen molar-refractivity contribution >= 4 is 30.5 Å². The third kappa shape index (κ3) is 7.05. The van der Waals surface area contributed by atoms with Crippen molar-refractivity contribution in [2.75, 3.05) is 0 Å². The SMILES string of the molecule is Clc1ccc(-c2nc(-c3ccccc3)[o+]c(-c3ccc(Cl)cc3)n2)cc1.F[B-](F)(F)F. The average Bonchev–Trinajstić information content (AvgIpc) is 2.74. The Hall–Kier alpha value is -2.97. The maximum Gasteiger partial charge on any atom is 0.673 e. The van der Waals surface area contributed by atoms with Gasteiger partial charge in [-0.05, 0) is 60.7 Å². The van der Waals surface area contributed by atoms with Crippen molar-refractivity contribution in [3.8, 4) is 34.3 Å². The summed E-state index contributed by atoms with van der Waals surface area (Å²) < 4.78 is 45.0. The number of aromatic nitrogens is 2. The highest BCUT2D eigenvalue weighted by Gasteiger charge is 2.24. The lowest BCUT2D eigenvalue weighted by atomic mass is 10.2. The van der Waals surface area contributed by atoms with E-state index in [0.29, 0.717) is 27.7 Å². The third-order valence-electron chi connectivity index (χ3n) is 3.82. The van der Waals surface area contributed by atoms with Gasteiger partial charge in [-0.1, -0.05) is 41.4 Å². The molecule has 158 valence electrons. The second-order valence-electron chi connectivity index (χ2n) is 6.13. The van der Waals surface area contributed by atoms with Crippen LogP contribution in [0.4, 0.5) is 17.3 Å². The topological polar surface area (TPSA) is 37.1 Å². The molecule has 0 aliphatic heterocycles. The van der Waals surface area contributed by atoms with Gasteiger partial charge in [-0.15, -0.1) is 9.97 Å². The number of rotatable bonds is 3.